The molecule has 20 heavy (non-hydrogen) atoms. The van der Waals surface area contributed by atoms with Crippen molar-refractivity contribution < 1.29 is 0 Å². The van der Waals surface area contributed by atoms with Crippen LogP contribution < -0.4 is 5.73 Å². The molecule has 102 valence electrons. The van der Waals surface area contributed by atoms with Crippen molar-refractivity contribution in [2.75, 3.05) is 5.73 Å². The van der Waals surface area contributed by atoms with E-state index in [9.17, 15) is 0 Å². The van der Waals surface area contributed by atoms with Crippen LogP contribution in [0.1, 0.15) is 24.3 Å². The van der Waals surface area contributed by atoms with Gasteiger partial charge in [0.2, 0.25) is 0 Å². The summed E-state index contributed by atoms with van der Waals surface area (Å²) < 4.78 is 2.16. The number of hydrogen-bond donors (Lipinski definition) is 1. The summed E-state index contributed by atoms with van der Waals surface area (Å²) in [4.78, 5) is 13.4. The molecule has 2 aromatic heterocycles. The number of anilines is 1. The summed E-state index contributed by atoms with van der Waals surface area (Å²) in [7, 11) is 0. The lowest BCUT2D eigenvalue weighted by Gasteiger charge is -2.08. The molecule has 0 aliphatic rings. The number of nitrogen functional groups attached to an aromatic ring is 1. The van der Waals surface area contributed by atoms with Crippen molar-refractivity contribution in [3.63, 3.8) is 0 Å². The molecule has 3 aromatic rings. The van der Waals surface area contributed by atoms with E-state index in [1.165, 1.54) is 0 Å². The van der Waals surface area contributed by atoms with E-state index in [0.717, 1.165) is 34.8 Å². The molecule has 0 bridgehead atoms. The molecule has 0 saturated carbocycles. The number of para-hydroxylation sites is 2. The molecule has 0 aliphatic carbocycles. The summed E-state index contributed by atoms with van der Waals surface area (Å²) >= 11 is 0. The van der Waals surface area contributed by atoms with E-state index in [-0.39, 0.29) is 0 Å². The van der Waals surface area contributed by atoms with Gasteiger partial charge in [-0.3, -0.25) is 0 Å². The van der Waals surface area contributed by atoms with Gasteiger partial charge in [-0.2, -0.15) is 0 Å². The van der Waals surface area contributed by atoms with E-state index in [0.29, 0.717) is 12.4 Å². The van der Waals surface area contributed by atoms with E-state index < -0.39 is 0 Å². The monoisotopic (exact) mass is 267 g/mol. The molecule has 0 aliphatic heterocycles. The van der Waals surface area contributed by atoms with Gasteiger partial charge in [0, 0.05) is 18.2 Å². The molecule has 5 heteroatoms. The lowest BCUT2D eigenvalue weighted by molar-refractivity contribution is 0.712. The van der Waals surface area contributed by atoms with Crippen LogP contribution in [-0.4, -0.2) is 19.5 Å². The Morgan fingerprint density at radius 1 is 1.15 bits per heavy atom. The van der Waals surface area contributed by atoms with Crippen LogP contribution in [0.5, 0.6) is 0 Å². The number of hydrogen-bond acceptors (Lipinski definition) is 4. The van der Waals surface area contributed by atoms with E-state index >= 15 is 0 Å². The first-order valence-electron chi connectivity index (χ1n) is 6.71. The molecule has 0 unspecified atom stereocenters. The van der Waals surface area contributed by atoms with Crippen molar-refractivity contribution in [2.45, 2.75) is 26.8 Å². The Hall–Kier alpha value is -2.43. The van der Waals surface area contributed by atoms with Gasteiger partial charge in [-0.1, -0.05) is 19.1 Å². The van der Waals surface area contributed by atoms with Crippen LogP contribution in [0.3, 0.4) is 0 Å². The van der Waals surface area contributed by atoms with Crippen molar-refractivity contribution in [1.29, 1.82) is 0 Å². The molecular formula is C15H17N5. The van der Waals surface area contributed by atoms with Crippen molar-refractivity contribution >= 4 is 16.9 Å². The van der Waals surface area contributed by atoms with Gasteiger partial charge in [0.1, 0.15) is 11.6 Å². The molecule has 3 rings (SSSR count). The predicted molar refractivity (Wildman–Crippen MR) is 79.4 cm³/mol. The maximum absolute atomic E-state index is 5.80. The van der Waals surface area contributed by atoms with E-state index in [2.05, 4.69) is 32.5 Å². The Morgan fingerprint density at radius 2 is 1.95 bits per heavy atom. The van der Waals surface area contributed by atoms with Gasteiger partial charge in [-0.25, -0.2) is 15.0 Å². The average Bonchev–Trinajstić information content (AvgIpc) is 2.76. The first-order valence-corrected chi connectivity index (χ1v) is 6.71. The van der Waals surface area contributed by atoms with Crippen molar-refractivity contribution in [2.24, 2.45) is 0 Å². The summed E-state index contributed by atoms with van der Waals surface area (Å²) in [6.45, 7) is 4.62. The van der Waals surface area contributed by atoms with Crippen LogP contribution in [0.15, 0.2) is 30.3 Å². The Balaban J connectivity index is 2.09. The molecule has 1 aromatic carbocycles. The maximum atomic E-state index is 5.80. The highest BCUT2D eigenvalue weighted by Gasteiger charge is 2.11. The quantitative estimate of drug-likeness (QED) is 0.790. The largest absolute Gasteiger partial charge is 0.384 e. The highest BCUT2D eigenvalue weighted by Crippen LogP contribution is 2.17. The van der Waals surface area contributed by atoms with Crippen LogP contribution in [-0.2, 0) is 13.0 Å². The number of fused-ring (bicyclic) bond motifs is 1. The number of imidazole rings is 1. The highest BCUT2D eigenvalue weighted by atomic mass is 15.1. The van der Waals surface area contributed by atoms with Crippen molar-refractivity contribution in [3.8, 4) is 0 Å². The maximum Gasteiger partial charge on any atom is 0.150 e. The van der Waals surface area contributed by atoms with Gasteiger partial charge in [-0.05, 0) is 19.1 Å². The zero-order chi connectivity index (χ0) is 14.1. The lowest BCUT2D eigenvalue weighted by Crippen LogP contribution is -2.09. The standard InChI is InChI=1S/C15H17N5/c1-3-15-18-11-6-4-5-7-12(11)20(15)9-14-17-10(2)8-13(16)19-14/h4-8H,3,9H2,1-2H3,(H2,16,17,19). The molecular weight excluding hydrogens is 250 g/mol. The van der Waals surface area contributed by atoms with Crippen LogP contribution in [0.2, 0.25) is 0 Å². The summed E-state index contributed by atoms with van der Waals surface area (Å²) in [5.41, 5.74) is 8.79. The van der Waals surface area contributed by atoms with E-state index in [1.54, 1.807) is 6.07 Å². The Labute approximate surface area is 117 Å². The van der Waals surface area contributed by atoms with Crippen LogP contribution in [0, 0.1) is 6.92 Å². The average molecular weight is 267 g/mol. The van der Waals surface area contributed by atoms with Crippen molar-refractivity contribution in [3.05, 3.63) is 47.7 Å². The second-order valence-corrected chi connectivity index (χ2v) is 4.81. The third kappa shape index (κ3) is 2.22. The van der Waals surface area contributed by atoms with Gasteiger partial charge in [-0.15, -0.1) is 0 Å². The minimum atomic E-state index is 0.509. The van der Waals surface area contributed by atoms with E-state index in [4.69, 9.17) is 5.73 Å². The molecule has 2 heterocycles. The number of benzene rings is 1. The Bertz CT molecular complexity index is 740. The Morgan fingerprint density at radius 3 is 2.70 bits per heavy atom. The van der Waals surface area contributed by atoms with Crippen LogP contribution >= 0.6 is 0 Å². The molecule has 0 radical (unpaired) electrons. The second kappa shape index (κ2) is 4.92. The fourth-order valence-electron chi connectivity index (χ4n) is 2.44. The van der Waals surface area contributed by atoms with Gasteiger partial charge in [0.15, 0.2) is 5.82 Å². The van der Waals surface area contributed by atoms with Gasteiger partial charge in [0.25, 0.3) is 0 Å². The number of aromatic nitrogens is 4. The van der Waals surface area contributed by atoms with Crippen LogP contribution in [0.4, 0.5) is 5.82 Å². The van der Waals surface area contributed by atoms with Gasteiger partial charge < -0.3 is 10.3 Å². The highest BCUT2D eigenvalue weighted by molar-refractivity contribution is 5.76. The zero-order valence-electron chi connectivity index (χ0n) is 11.7. The molecule has 0 amide bonds. The first-order chi connectivity index (χ1) is 9.67. The third-order valence-electron chi connectivity index (χ3n) is 3.27. The summed E-state index contributed by atoms with van der Waals surface area (Å²) in [6, 6.07) is 9.89. The van der Waals surface area contributed by atoms with Crippen molar-refractivity contribution in [1.82, 2.24) is 19.5 Å². The minimum absolute atomic E-state index is 0.509. The first kappa shape index (κ1) is 12.6. The summed E-state index contributed by atoms with van der Waals surface area (Å²) in [5, 5.41) is 0. The molecule has 5 nitrogen and oxygen atoms in total. The lowest BCUT2D eigenvalue weighted by atomic mass is 10.3. The van der Waals surface area contributed by atoms with Gasteiger partial charge in [0.05, 0.1) is 17.6 Å². The third-order valence-corrected chi connectivity index (χ3v) is 3.27. The molecule has 0 fully saturated rings. The normalized spacial score (nSPS) is 11.1. The summed E-state index contributed by atoms with van der Waals surface area (Å²) in [6.07, 6.45) is 0.871. The zero-order valence-corrected chi connectivity index (χ0v) is 11.7. The molecule has 2 N–H and O–H groups in total. The van der Waals surface area contributed by atoms with E-state index in [1.807, 2.05) is 25.1 Å². The topological polar surface area (TPSA) is 69.6 Å². The smallest absolute Gasteiger partial charge is 0.150 e. The molecule has 0 saturated heterocycles. The number of aryl methyl sites for hydroxylation is 2. The Kier molecular flexibility index (Phi) is 3.10. The fourth-order valence-corrected chi connectivity index (χ4v) is 2.44. The fraction of sp³-hybridized carbons (Fsp3) is 0.267. The van der Waals surface area contributed by atoms with Gasteiger partial charge >= 0.3 is 0 Å². The number of nitrogens with two attached hydrogens (primary N) is 1. The minimum Gasteiger partial charge on any atom is -0.384 e. The number of rotatable bonds is 3. The van der Waals surface area contributed by atoms with Crippen LogP contribution in [0.25, 0.3) is 11.0 Å². The predicted octanol–water partition coefficient (Wildman–Crippen LogP) is 2.33. The summed E-state index contributed by atoms with van der Waals surface area (Å²) in [5.74, 6) is 2.27. The SMILES string of the molecule is CCc1nc2ccccc2n1Cc1nc(C)cc(N)n1. The molecule has 0 atom stereocenters. The second-order valence-electron chi connectivity index (χ2n) is 4.81. The number of nitrogens with zero attached hydrogens (tertiary/aromatic N) is 4. The molecule has 0 spiro atoms.